The first kappa shape index (κ1) is 9.00. The Labute approximate surface area is 185 Å². The maximum atomic E-state index is 13.7. The highest BCUT2D eigenvalue weighted by Gasteiger charge is 2.34. The normalized spacial score (nSPS) is 31.6. The number of nitrogens with zero attached hydrogens (tertiary/aromatic N) is 1. The molecule has 1 aliphatic heterocycles. The van der Waals surface area contributed by atoms with Crippen LogP contribution in [-0.2, 0) is 12.9 Å². The molecule has 0 saturated carbocycles. The van der Waals surface area contributed by atoms with E-state index in [1.165, 1.54) is 0 Å². The van der Waals surface area contributed by atoms with E-state index in [4.69, 9.17) is 27.3 Å². The van der Waals surface area contributed by atoms with Gasteiger partial charge in [-0.3, -0.25) is 9.69 Å². The van der Waals surface area contributed by atoms with Crippen LogP contribution >= 0.6 is 0 Å². The Balaban J connectivity index is 1.66. The zero-order chi connectivity index (χ0) is 30.8. The van der Waals surface area contributed by atoms with Gasteiger partial charge < -0.3 is 9.47 Å². The summed E-state index contributed by atoms with van der Waals surface area (Å²) in [5.41, 5.74) is -0.436. The molecule has 148 valence electrons. The molecule has 2 aromatic rings. The number of piperidine rings is 1. The van der Waals surface area contributed by atoms with Gasteiger partial charge >= 0.3 is 0 Å². The largest absolute Gasteiger partial charge is 0.493 e. The minimum Gasteiger partial charge on any atom is -0.493 e. The number of fused-ring (bicyclic) bond motifs is 1. The second-order valence-electron chi connectivity index (χ2n) is 6.83. The summed E-state index contributed by atoms with van der Waals surface area (Å²) >= 11 is 0. The number of Topliss-reactive ketones (excluding diaryl/α,β-unsaturated/α-hetero) is 1. The molecular formula is C24H29NO3. The lowest BCUT2D eigenvalue weighted by Crippen LogP contribution is -2.34. The van der Waals surface area contributed by atoms with E-state index in [9.17, 15) is 4.79 Å². The van der Waals surface area contributed by atoms with Crippen LogP contribution in [0.3, 0.4) is 0 Å². The average Bonchev–Trinajstić information content (AvgIpc) is 3.16. The maximum Gasteiger partial charge on any atom is 0.166 e. The molecule has 4 heteroatoms. The summed E-state index contributed by atoms with van der Waals surface area (Å²) in [5.74, 6) is -6.41. The zero-order valence-electron chi connectivity index (χ0n) is 28.2. The Kier molecular flexibility index (Phi) is 2.69. The first-order chi connectivity index (χ1) is 18.7. The van der Waals surface area contributed by atoms with E-state index in [-0.39, 0.29) is 31.5 Å². The second kappa shape index (κ2) is 8.36. The van der Waals surface area contributed by atoms with Crippen LogP contribution in [0.1, 0.15) is 58.5 Å². The lowest BCUT2D eigenvalue weighted by Gasteiger charge is -2.32. The van der Waals surface area contributed by atoms with E-state index >= 15 is 0 Å². The van der Waals surface area contributed by atoms with Crippen molar-refractivity contribution in [1.29, 1.82) is 0 Å². The number of carbonyl (C=O) groups excluding carboxylic acids is 1. The van der Waals surface area contributed by atoms with Crippen LogP contribution in [-0.4, -0.2) is 37.8 Å². The van der Waals surface area contributed by atoms with Gasteiger partial charge in [0.2, 0.25) is 0 Å². The molecule has 2 aliphatic rings. The highest BCUT2D eigenvalue weighted by Crippen LogP contribution is 2.39. The summed E-state index contributed by atoms with van der Waals surface area (Å²) in [5, 5.41) is 0. The lowest BCUT2D eigenvalue weighted by molar-refractivity contribution is 0.0895. The molecule has 0 radical (unpaired) electrons. The van der Waals surface area contributed by atoms with Gasteiger partial charge in [0.1, 0.15) is 0 Å². The number of ether oxygens (including phenoxy) is 2. The third kappa shape index (κ3) is 3.93. The van der Waals surface area contributed by atoms with E-state index in [0.29, 0.717) is 5.56 Å². The fraction of sp³-hybridized carbons (Fsp3) is 0.458. The van der Waals surface area contributed by atoms with Crippen molar-refractivity contribution in [2.45, 2.75) is 32.1 Å². The van der Waals surface area contributed by atoms with E-state index < -0.39 is 80.1 Å². The van der Waals surface area contributed by atoms with Crippen molar-refractivity contribution in [2.75, 3.05) is 27.2 Å². The van der Waals surface area contributed by atoms with Crippen LogP contribution in [0.4, 0.5) is 0 Å². The Morgan fingerprint density at radius 1 is 1.18 bits per heavy atom. The number of hydrogen-bond acceptors (Lipinski definition) is 4. The molecule has 0 amide bonds. The van der Waals surface area contributed by atoms with E-state index in [1.54, 1.807) is 35.2 Å². The summed E-state index contributed by atoms with van der Waals surface area (Å²) in [6, 6.07) is 6.85. The summed E-state index contributed by atoms with van der Waals surface area (Å²) in [6.45, 7) is -1.54. The molecule has 4 nitrogen and oxygen atoms in total. The molecule has 2 aromatic carbocycles. The van der Waals surface area contributed by atoms with Gasteiger partial charge in [-0.05, 0) is 67.9 Å². The molecule has 1 aliphatic carbocycles. The molecule has 1 unspecified atom stereocenters. The predicted octanol–water partition coefficient (Wildman–Crippen LogP) is 4.36. The van der Waals surface area contributed by atoms with Crippen molar-refractivity contribution in [2.24, 2.45) is 11.8 Å². The van der Waals surface area contributed by atoms with Crippen molar-refractivity contribution in [3.8, 4) is 11.5 Å². The topological polar surface area (TPSA) is 38.8 Å². The fourth-order valence-corrected chi connectivity index (χ4v) is 3.57. The number of ketones is 1. The smallest absolute Gasteiger partial charge is 0.166 e. The molecule has 0 bridgehead atoms. The van der Waals surface area contributed by atoms with Gasteiger partial charge in [-0.15, -0.1) is 0 Å². The van der Waals surface area contributed by atoms with Crippen LogP contribution in [0.25, 0.3) is 0 Å². The number of benzene rings is 2. The van der Waals surface area contributed by atoms with Crippen molar-refractivity contribution in [3.05, 3.63) is 59.1 Å². The van der Waals surface area contributed by atoms with Crippen molar-refractivity contribution in [3.63, 3.8) is 0 Å². The van der Waals surface area contributed by atoms with Gasteiger partial charge in [0.15, 0.2) is 17.3 Å². The van der Waals surface area contributed by atoms with Gasteiger partial charge in [0.25, 0.3) is 0 Å². The second-order valence-corrected chi connectivity index (χ2v) is 6.83. The number of hydrogen-bond donors (Lipinski definition) is 0. The molecule has 0 spiro atoms. The zero-order valence-corrected chi connectivity index (χ0v) is 15.2. The molecule has 1 heterocycles. The highest BCUT2D eigenvalue weighted by atomic mass is 16.5. The van der Waals surface area contributed by atoms with Gasteiger partial charge in [-0.1, -0.05) is 30.3 Å². The van der Waals surface area contributed by atoms with Gasteiger partial charge in [0.05, 0.1) is 25.0 Å². The van der Waals surface area contributed by atoms with E-state index in [2.05, 4.69) is 0 Å². The Morgan fingerprint density at radius 2 is 1.89 bits per heavy atom. The fourth-order valence-electron chi connectivity index (χ4n) is 3.57. The molecule has 0 N–H and O–H groups in total. The number of carbonyl (C=O) groups is 1. The van der Waals surface area contributed by atoms with Crippen molar-refractivity contribution >= 4 is 5.78 Å². The third-order valence-corrected chi connectivity index (χ3v) is 5.00. The Bertz CT molecular complexity index is 1320. The molecule has 28 heavy (non-hydrogen) atoms. The quantitative estimate of drug-likeness (QED) is 0.732. The third-order valence-electron chi connectivity index (χ3n) is 5.00. The number of rotatable bonds is 6. The minimum absolute atomic E-state index is 0.117. The first-order valence-electron chi connectivity index (χ1n) is 15.6. The summed E-state index contributed by atoms with van der Waals surface area (Å²) in [7, 11) is -6.37. The summed E-state index contributed by atoms with van der Waals surface area (Å²) in [6.07, 6.45) is -2.95. The lowest BCUT2D eigenvalue weighted by atomic mass is 9.85. The minimum atomic E-state index is -3.20. The van der Waals surface area contributed by atoms with Crippen molar-refractivity contribution < 1.29 is 32.1 Å². The van der Waals surface area contributed by atoms with Crippen LogP contribution < -0.4 is 9.47 Å². The monoisotopic (exact) mass is 392 g/mol. The highest BCUT2D eigenvalue weighted by molar-refractivity contribution is 6.02. The van der Waals surface area contributed by atoms with Crippen LogP contribution in [0.15, 0.2) is 42.4 Å². The van der Waals surface area contributed by atoms with E-state index in [0.717, 1.165) is 0 Å². The summed E-state index contributed by atoms with van der Waals surface area (Å²) < 4.78 is 115. The SMILES string of the molecule is [2H]c1c2c(c([2H])c(OC([2H])([2H])[2H])c1OC([2H])([2H])[2H])C(=O)C([2H])(C([2H])([2H])C1CCN(C([2H])([2H])c3ccccc3)CC1)C2. The van der Waals surface area contributed by atoms with Crippen LogP contribution in [0, 0.1) is 11.8 Å². The van der Waals surface area contributed by atoms with Gasteiger partial charge in [-0.25, -0.2) is 0 Å². The Hall–Kier alpha value is -2.33. The molecule has 1 atom stereocenters. The number of methoxy groups -OCH3 is 2. The van der Waals surface area contributed by atoms with Crippen LogP contribution in [0.2, 0.25) is 0 Å². The summed E-state index contributed by atoms with van der Waals surface area (Å²) in [4.78, 5) is 15.2. The molecular weight excluding hydrogens is 350 g/mol. The average molecular weight is 393 g/mol. The molecule has 4 rings (SSSR count). The predicted molar refractivity (Wildman–Crippen MR) is 110 cm³/mol. The standard InChI is InChI=1S/C24H29NO3/c1-27-22-14-19-13-20(24(26)21(19)15-23(22)28-2)12-17-8-10-25(11-9-17)16-18-6-4-3-5-7-18/h3-7,14-15,17,20H,8-13,16H2,1-2H3/i1D3,2D3,12D2,14D,15D,16D2,20D. The number of likely N-dealkylation sites (tertiary alicyclic amines) is 1. The van der Waals surface area contributed by atoms with Gasteiger partial charge in [0, 0.05) is 24.8 Å². The van der Waals surface area contributed by atoms with Gasteiger partial charge in [-0.2, -0.15) is 0 Å². The molecule has 0 aromatic heterocycles. The first-order valence-corrected chi connectivity index (χ1v) is 9.10. The molecule has 1 fully saturated rings. The van der Waals surface area contributed by atoms with Crippen LogP contribution in [0.5, 0.6) is 11.5 Å². The van der Waals surface area contributed by atoms with Crippen molar-refractivity contribution in [1.82, 2.24) is 4.90 Å². The van der Waals surface area contributed by atoms with E-state index in [1.807, 2.05) is 0 Å². The maximum absolute atomic E-state index is 13.7. The molecule has 1 saturated heterocycles. The Morgan fingerprint density at radius 3 is 2.61 bits per heavy atom.